The normalized spacial score (nSPS) is 28.0. The van der Waals surface area contributed by atoms with E-state index in [2.05, 4.69) is 34.3 Å². The lowest BCUT2D eigenvalue weighted by Gasteiger charge is -2.46. The second-order valence-corrected chi connectivity index (χ2v) is 10.0. The average molecular weight is 416 g/mol. The highest BCUT2D eigenvalue weighted by molar-refractivity contribution is 6.13. The lowest BCUT2D eigenvalue weighted by molar-refractivity contribution is -0.124. The quantitative estimate of drug-likeness (QED) is 0.551. The number of nitrogens with zero attached hydrogens (tertiary/aromatic N) is 1. The fourth-order valence-electron chi connectivity index (χ4n) is 7.26. The SMILES string of the molecule is C[C@@H]1CC2(CCCC2)N2C(=O)[C@]3(NCCc4c3[nH]c3ccccc43)c3cc(F)cc1c32. The van der Waals surface area contributed by atoms with Gasteiger partial charge in [-0.25, -0.2) is 4.39 Å². The first-order valence-electron chi connectivity index (χ1n) is 11.6. The Morgan fingerprint density at radius 3 is 2.81 bits per heavy atom. The molecule has 0 unspecified atom stereocenters. The van der Waals surface area contributed by atoms with Gasteiger partial charge in [0.2, 0.25) is 0 Å². The van der Waals surface area contributed by atoms with Crippen LogP contribution in [0.25, 0.3) is 10.9 Å². The van der Waals surface area contributed by atoms with Gasteiger partial charge in [0.05, 0.1) is 11.4 Å². The van der Waals surface area contributed by atoms with E-state index < -0.39 is 5.54 Å². The van der Waals surface area contributed by atoms with Crippen LogP contribution in [0.1, 0.15) is 67.3 Å². The molecule has 0 radical (unpaired) electrons. The van der Waals surface area contributed by atoms with Gasteiger partial charge in [-0.2, -0.15) is 0 Å². The van der Waals surface area contributed by atoms with Crippen LogP contribution in [0, 0.1) is 5.82 Å². The van der Waals surface area contributed by atoms with Gasteiger partial charge in [-0.05, 0) is 60.9 Å². The number of aromatic nitrogens is 1. The van der Waals surface area contributed by atoms with Gasteiger partial charge in [0.1, 0.15) is 5.82 Å². The Hall–Kier alpha value is -2.66. The molecule has 1 saturated carbocycles. The van der Waals surface area contributed by atoms with Gasteiger partial charge < -0.3 is 9.88 Å². The molecule has 1 aromatic heterocycles. The van der Waals surface area contributed by atoms with Crippen molar-refractivity contribution in [2.24, 2.45) is 0 Å². The number of benzene rings is 2. The molecule has 3 aliphatic heterocycles. The number of rotatable bonds is 0. The van der Waals surface area contributed by atoms with Crippen molar-refractivity contribution in [3.05, 3.63) is 64.6 Å². The summed E-state index contributed by atoms with van der Waals surface area (Å²) in [5, 5.41) is 4.76. The van der Waals surface area contributed by atoms with E-state index >= 15 is 0 Å². The van der Waals surface area contributed by atoms with E-state index in [9.17, 15) is 9.18 Å². The van der Waals surface area contributed by atoms with E-state index in [0.717, 1.165) is 66.5 Å². The summed E-state index contributed by atoms with van der Waals surface area (Å²) in [6, 6.07) is 11.5. The largest absolute Gasteiger partial charge is 0.356 e. The number of halogens is 1. The Morgan fingerprint density at radius 1 is 1.16 bits per heavy atom. The maximum Gasteiger partial charge on any atom is 0.258 e. The number of H-pyrrole nitrogens is 1. The van der Waals surface area contributed by atoms with Gasteiger partial charge in [-0.3, -0.25) is 10.1 Å². The molecule has 4 aliphatic rings. The zero-order valence-corrected chi connectivity index (χ0v) is 17.7. The maximum atomic E-state index is 15.0. The molecule has 158 valence electrons. The zero-order valence-electron chi connectivity index (χ0n) is 17.7. The first-order valence-corrected chi connectivity index (χ1v) is 11.6. The third kappa shape index (κ3) is 2.02. The Bertz CT molecular complexity index is 1270. The zero-order chi connectivity index (χ0) is 21.0. The van der Waals surface area contributed by atoms with Crippen molar-refractivity contribution < 1.29 is 9.18 Å². The summed E-state index contributed by atoms with van der Waals surface area (Å²) in [7, 11) is 0. The topological polar surface area (TPSA) is 48.1 Å². The van der Waals surface area contributed by atoms with E-state index in [-0.39, 0.29) is 23.2 Å². The van der Waals surface area contributed by atoms with Crippen molar-refractivity contribution in [3.8, 4) is 0 Å². The van der Waals surface area contributed by atoms with Crippen molar-refractivity contribution >= 4 is 22.5 Å². The van der Waals surface area contributed by atoms with Crippen molar-refractivity contribution in [3.63, 3.8) is 0 Å². The van der Waals surface area contributed by atoms with E-state index in [1.54, 1.807) is 12.1 Å². The molecule has 31 heavy (non-hydrogen) atoms. The van der Waals surface area contributed by atoms with Crippen LogP contribution in [0.3, 0.4) is 0 Å². The lowest BCUT2D eigenvalue weighted by atomic mass is 9.77. The smallest absolute Gasteiger partial charge is 0.258 e. The number of amides is 1. The number of aromatic amines is 1. The van der Waals surface area contributed by atoms with E-state index in [4.69, 9.17) is 0 Å². The van der Waals surface area contributed by atoms with E-state index in [1.165, 1.54) is 10.9 Å². The van der Waals surface area contributed by atoms with Crippen LogP contribution >= 0.6 is 0 Å². The highest BCUT2D eigenvalue weighted by Crippen LogP contribution is 2.59. The predicted octanol–water partition coefficient (Wildman–Crippen LogP) is 4.86. The van der Waals surface area contributed by atoms with Gasteiger partial charge in [0, 0.05) is 28.6 Å². The molecule has 2 N–H and O–H groups in total. The van der Waals surface area contributed by atoms with E-state index in [1.807, 2.05) is 12.1 Å². The summed E-state index contributed by atoms with van der Waals surface area (Å²) in [5.41, 5.74) is 4.75. The summed E-state index contributed by atoms with van der Waals surface area (Å²) >= 11 is 0. The van der Waals surface area contributed by atoms with Crippen molar-refractivity contribution in [1.82, 2.24) is 10.3 Å². The minimum Gasteiger partial charge on any atom is -0.356 e. The number of para-hydroxylation sites is 1. The van der Waals surface area contributed by atoms with Gasteiger partial charge in [-0.1, -0.05) is 38.0 Å². The van der Waals surface area contributed by atoms with Crippen LogP contribution in [0.5, 0.6) is 0 Å². The second kappa shape index (κ2) is 5.77. The summed E-state index contributed by atoms with van der Waals surface area (Å²) in [4.78, 5) is 20.2. The fraction of sp³-hybridized carbons (Fsp3) is 0.423. The molecule has 2 spiro atoms. The average Bonchev–Trinajstić information content (AvgIpc) is 3.44. The number of hydrogen-bond donors (Lipinski definition) is 2. The summed E-state index contributed by atoms with van der Waals surface area (Å²) < 4.78 is 15.0. The Morgan fingerprint density at radius 2 is 1.97 bits per heavy atom. The van der Waals surface area contributed by atoms with E-state index in [0.29, 0.717) is 6.54 Å². The molecule has 5 heteroatoms. The minimum atomic E-state index is -1.03. The predicted molar refractivity (Wildman–Crippen MR) is 119 cm³/mol. The first-order chi connectivity index (χ1) is 15.1. The van der Waals surface area contributed by atoms with Gasteiger partial charge >= 0.3 is 0 Å². The number of carbonyl (C=O) groups is 1. The van der Waals surface area contributed by atoms with Crippen LogP contribution in [-0.4, -0.2) is 23.0 Å². The molecular weight excluding hydrogens is 389 g/mol. The standard InChI is InChI=1S/C26H26FN3O/c1-15-14-25(9-4-5-10-25)30-22-19(15)12-16(27)13-20(22)26(24(30)31)23-18(8-11-28-26)17-6-2-3-7-21(17)29-23/h2-3,6-7,12-13,15,28-29H,4-5,8-11,14H2,1H3/t15-,26+/m1/s1. The molecule has 1 aliphatic carbocycles. The number of hydrogen-bond acceptors (Lipinski definition) is 2. The van der Waals surface area contributed by atoms with Crippen LogP contribution in [0.4, 0.5) is 10.1 Å². The number of anilines is 1. The molecule has 2 atom stereocenters. The van der Waals surface area contributed by atoms with Gasteiger partial charge in [0.15, 0.2) is 5.54 Å². The highest BCUT2D eigenvalue weighted by atomic mass is 19.1. The Labute approximate surface area is 180 Å². The molecule has 1 amide bonds. The summed E-state index contributed by atoms with van der Waals surface area (Å²) in [5.74, 6) is 0.0743. The lowest BCUT2D eigenvalue weighted by Crippen LogP contribution is -2.60. The number of fused-ring (bicyclic) bond motifs is 6. The molecule has 4 heterocycles. The summed E-state index contributed by atoms with van der Waals surface area (Å²) in [6.45, 7) is 2.90. The molecule has 1 fully saturated rings. The first kappa shape index (κ1) is 18.0. The van der Waals surface area contributed by atoms with Crippen LogP contribution in [-0.2, 0) is 16.8 Å². The van der Waals surface area contributed by atoms with Crippen molar-refractivity contribution in [2.45, 2.75) is 62.4 Å². The highest BCUT2D eigenvalue weighted by Gasteiger charge is 2.62. The maximum absolute atomic E-state index is 15.0. The third-order valence-corrected chi connectivity index (χ3v) is 8.44. The Balaban J connectivity index is 1.57. The molecule has 0 saturated heterocycles. The monoisotopic (exact) mass is 415 g/mol. The fourth-order valence-corrected chi connectivity index (χ4v) is 7.26. The molecular formula is C26H26FN3O. The van der Waals surface area contributed by atoms with Crippen LogP contribution in [0.15, 0.2) is 36.4 Å². The molecule has 4 nitrogen and oxygen atoms in total. The van der Waals surface area contributed by atoms with Crippen molar-refractivity contribution in [2.75, 3.05) is 11.4 Å². The third-order valence-electron chi connectivity index (χ3n) is 8.44. The molecule has 7 rings (SSSR count). The van der Waals surface area contributed by atoms with Gasteiger partial charge in [-0.15, -0.1) is 0 Å². The number of carbonyl (C=O) groups excluding carboxylic acids is 1. The second-order valence-electron chi connectivity index (χ2n) is 10.0. The molecule has 3 aromatic rings. The van der Waals surface area contributed by atoms with Crippen molar-refractivity contribution in [1.29, 1.82) is 0 Å². The summed E-state index contributed by atoms with van der Waals surface area (Å²) in [6.07, 6.45) is 6.16. The molecule has 0 bridgehead atoms. The Kier molecular flexibility index (Phi) is 3.34. The van der Waals surface area contributed by atoms with Crippen LogP contribution in [0.2, 0.25) is 0 Å². The number of nitrogens with one attached hydrogen (secondary N) is 2. The molecule has 2 aromatic carbocycles. The van der Waals surface area contributed by atoms with Gasteiger partial charge in [0.25, 0.3) is 5.91 Å². The minimum absolute atomic E-state index is 0.0793. The van der Waals surface area contributed by atoms with Crippen LogP contribution < -0.4 is 10.2 Å².